The minimum atomic E-state index is -1.88. The van der Waals surface area contributed by atoms with Crippen LogP contribution < -0.4 is 0 Å². The Morgan fingerprint density at radius 2 is 1.79 bits per heavy atom. The molecule has 0 saturated heterocycles. The van der Waals surface area contributed by atoms with Gasteiger partial charge in [-0.1, -0.05) is 32.1 Å². The minimum absolute atomic E-state index is 0.0927. The van der Waals surface area contributed by atoms with Crippen LogP contribution in [0.3, 0.4) is 0 Å². The predicted molar refractivity (Wildman–Crippen MR) is 93.9 cm³/mol. The summed E-state index contributed by atoms with van der Waals surface area (Å²) in [5, 5.41) is 0. The lowest BCUT2D eigenvalue weighted by molar-refractivity contribution is -0.136. The molecule has 0 bridgehead atoms. The molecule has 0 aromatic heterocycles. The SMILES string of the molecule is CC1(C)C=CC(=O)C2=C1C(=O)C1C(O[Si](C)(C)C)C=CCC1C2=O. The van der Waals surface area contributed by atoms with Gasteiger partial charge in [-0.25, -0.2) is 0 Å². The quantitative estimate of drug-likeness (QED) is 0.439. The fourth-order valence-corrected chi connectivity index (χ4v) is 4.95. The smallest absolute Gasteiger partial charge is 0.189 e. The topological polar surface area (TPSA) is 60.4 Å². The van der Waals surface area contributed by atoms with Gasteiger partial charge in [0.25, 0.3) is 0 Å². The fraction of sp³-hybridized carbons (Fsp3) is 0.526. The average molecular weight is 344 g/mol. The van der Waals surface area contributed by atoms with Gasteiger partial charge in [-0.15, -0.1) is 0 Å². The molecular formula is C19H24O4Si. The van der Waals surface area contributed by atoms with Gasteiger partial charge in [0.05, 0.1) is 17.6 Å². The second-order valence-electron chi connectivity index (χ2n) is 8.39. The number of hydrogen-bond acceptors (Lipinski definition) is 4. The van der Waals surface area contributed by atoms with Gasteiger partial charge >= 0.3 is 0 Å². The number of carbonyl (C=O) groups excluding carboxylic acids is 3. The number of fused-ring (bicyclic) bond motifs is 1. The van der Waals surface area contributed by atoms with Crippen LogP contribution in [-0.2, 0) is 18.8 Å². The third-order valence-corrected chi connectivity index (χ3v) is 5.90. The molecule has 3 rings (SSSR count). The lowest BCUT2D eigenvalue weighted by Gasteiger charge is -2.43. The van der Waals surface area contributed by atoms with Crippen molar-refractivity contribution in [2.45, 2.75) is 46.0 Å². The van der Waals surface area contributed by atoms with Crippen molar-refractivity contribution in [1.82, 2.24) is 0 Å². The molecule has 3 atom stereocenters. The molecule has 4 nitrogen and oxygen atoms in total. The van der Waals surface area contributed by atoms with E-state index in [0.717, 1.165) is 0 Å². The van der Waals surface area contributed by atoms with Crippen molar-refractivity contribution in [3.8, 4) is 0 Å². The first kappa shape index (κ1) is 17.2. The molecule has 0 amide bonds. The van der Waals surface area contributed by atoms with Crippen LogP contribution in [0.15, 0.2) is 35.5 Å². The van der Waals surface area contributed by atoms with Crippen molar-refractivity contribution in [3.05, 3.63) is 35.5 Å². The summed E-state index contributed by atoms with van der Waals surface area (Å²) in [4.78, 5) is 38.6. The lowest BCUT2D eigenvalue weighted by Crippen LogP contribution is -2.51. The first-order chi connectivity index (χ1) is 11.0. The van der Waals surface area contributed by atoms with Crippen molar-refractivity contribution in [1.29, 1.82) is 0 Å². The molecule has 5 heteroatoms. The first-order valence-corrected chi connectivity index (χ1v) is 11.8. The number of hydrogen-bond donors (Lipinski definition) is 0. The third kappa shape index (κ3) is 2.69. The normalized spacial score (nSPS) is 32.0. The van der Waals surface area contributed by atoms with Gasteiger partial charge in [-0.3, -0.25) is 14.4 Å². The zero-order valence-corrected chi connectivity index (χ0v) is 15.9. The standard InChI is InChI=1S/C19H24O4Si/c1-19(2)10-9-12(20)15-16(19)18(22)14-11(17(15)21)7-6-8-13(14)23-24(3,4)5/h6,8-11,13-14H,7H2,1-5H3. The highest BCUT2D eigenvalue weighted by molar-refractivity contribution is 6.69. The number of rotatable bonds is 2. The van der Waals surface area contributed by atoms with Gasteiger partial charge < -0.3 is 4.43 Å². The van der Waals surface area contributed by atoms with E-state index in [1.807, 2.05) is 26.0 Å². The van der Waals surface area contributed by atoms with E-state index in [1.165, 1.54) is 6.08 Å². The van der Waals surface area contributed by atoms with E-state index >= 15 is 0 Å². The summed E-state index contributed by atoms with van der Waals surface area (Å²) >= 11 is 0. The summed E-state index contributed by atoms with van der Waals surface area (Å²) in [5.41, 5.74) is -0.122. The second kappa shape index (κ2) is 5.46. The van der Waals surface area contributed by atoms with Gasteiger partial charge in [0.2, 0.25) is 0 Å². The molecule has 0 spiro atoms. The molecule has 128 valence electrons. The highest BCUT2D eigenvalue weighted by Crippen LogP contribution is 2.46. The Morgan fingerprint density at radius 3 is 2.42 bits per heavy atom. The average Bonchev–Trinajstić information content (AvgIpc) is 2.45. The fourth-order valence-electron chi connectivity index (χ4n) is 3.91. The predicted octanol–water partition coefficient (Wildman–Crippen LogP) is 3.01. The summed E-state index contributed by atoms with van der Waals surface area (Å²) in [5.74, 6) is -1.60. The summed E-state index contributed by atoms with van der Waals surface area (Å²) in [7, 11) is -1.88. The minimum Gasteiger partial charge on any atom is -0.411 e. The molecule has 0 aromatic rings. The molecular weight excluding hydrogens is 320 g/mol. The first-order valence-electron chi connectivity index (χ1n) is 8.44. The Morgan fingerprint density at radius 1 is 1.12 bits per heavy atom. The van der Waals surface area contributed by atoms with Gasteiger partial charge in [-0.05, 0) is 32.1 Å². The van der Waals surface area contributed by atoms with Crippen LogP contribution in [0.1, 0.15) is 20.3 Å². The van der Waals surface area contributed by atoms with Crippen LogP contribution >= 0.6 is 0 Å². The molecule has 3 aliphatic rings. The molecule has 0 fully saturated rings. The molecule has 0 saturated carbocycles. The summed E-state index contributed by atoms with van der Waals surface area (Å²) in [6, 6.07) is 0. The van der Waals surface area contributed by atoms with E-state index < -0.39 is 25.6 Å². The molecule has 0 N–H and O–H groups in total. The van der Waals surface area contributed by atoms with E-state index in [-0.39, 0.29) is 29.0 Å². The summed E-state index contributed by atoms with van der Waals surface area (Å²) < 4.78 is 6.20. The summed E-state index contributed by atoms with van der Waals surface area (Å²) in [6.45, 7) is 9.97. The maximum atomic E-state index is 13.3. The number of ketones is 3. The Kier molecular flexibility index (Phi) is 3.92. The van der Waals surface area contributed by atoms with E-state index in [0.29, 0.717) is 12.0 Å². The van der Waals surface area contributed by atoms with Crippen molar-refractivity contribution in [2.24, 2.45) is 17.3 Å². The van der Waals surface area contributed by atoms with E-state index in [2.05, 4.69) is 19.6 Å². The number of carbonyl (C=O) groups is 3. The number of allylic oxidation sites excluding steroid dienone is 5. The molecule has 0 aromatic carbocycles. The van der Waals surface area contributed by atoms with Crippen molar-refractivity contribution in [3.63, 3.8) is 0 Å². The highest BCUT2D eigenvalue weighted by atomic mass is 28.4. The Labute approximate surface area is 143 Å². The van der Waals surface area contributed by atoms with Gasteiger partial charge in [0.15, 0.2) is 25.7 Å². The second-order valence-corrected chi connectivity index (χ2v) is 12.8. The monoisotopic (exact) mass is 344 g/mol. The number of Topliss-reactive ketones (excluding diaryl/α,β-unsaturated/α-hetero) is 2. The largest absolute Gasteiger partial charge is 0.411 e. The van der Waals surface area contributed by atoms with E-state index in [9.17, 15) is 14.4 Å². The van der Waals surface area contributed by atoms with Crippen LogP contribution in [0.5, 0.6) is 0 Å². The van der Waals surface area contributed by atoms with Crippen LogP contribution in [0.2, 0.25) is 19.6 Å². The highest BCUT2D eigenvalue weighted by Gasteiger charge is 2.52. The van der Waals surface area contributed by atoms with Crippen molar-refractivity contribution < 1.29 is 18.8 Å². The van der Waals surface area contributed by atoms with Gasteiger partial charge in [0.1, 0.15) is 0 Å². The Balaban J connectivity index is 2.10. The zero-order valence-electron chi connectivity index (χ0n) is 14.9. The zero-order chi connectivity index (χ0) is 17.9. The maximum Gasteiger partial charge on any atom is 0.189 e. The van der Waals surface area contributed by atoms with Crippen LogP contribution in [0.4, 0.5) is 0 Å². The van der Waals surface area contributed by atoms with Crippen molar-refractivity contribution in [2.75, 3.05) is 0 Å². The molecule has 0 aliphatic heterocycles. The molecule has 3 aliphatic carbocycles. The Bertz CT molecular complexity index is 718. The lowest BCUT2D eigenvalue weighted by atomic mass is 9.61. The Hall–Kier alpha value is -1.59. The van der Waals surface area contributed by atoms with Gasteiger partial charge in [-0.2, -0.15) is 0 Å². The third-order valence-electron chi connectivity index (χ3n) is 4.92. The van der Waals surface area contributed by atoms with E-state index in [1.54, 1.807) is 6.08 Å². The van der Waals surface area contributed by atoms with Gasteiger partial charge in [0, 0.05) is 16.9 Å². The molecule has 24 heavy (non-hydrogen) atoms. The molecule has 0 radical (unpaired) electrons. The van der Waals surface area contributed by atoms with Crippen molar-refractivity contribution >= 4 is 25.7 Å². The van der Waals surface area contributed by atoms with Crippen LogP contribution in [0.25, 0.3) is 0 Å². The molecule has 0 heterocycles. The molecule has 3 unspecified atom stereocenters. The van der Waals surface area contributed by atoms with Crippen LogP contribution in [0, 0.1) is 17.3 Å². The van der Waals surface area contributed by atoms with Crippen LogP contribution in [-0.4, -0.2) is 31.8 Å². The van der Waals surface area contributed by atoms with E-state index in [4.69, 9.17) is 4.43 Å². The maximum absolute atomic E-state index is 13.3. The summed E-state index contributed by atoms with van der Waals surface area (Å²) in [6.07, 6.45) is 7.11.